The highest BCUT2D eigenvalue weighted by Gasteiger charge is 2.28. The number of hydrogen-bond donors (Lipinski definition) is 4. The highest BCUT2D eigenvalue weighted by atomic mass is 16.4. The third-order valence-electron chi connectivity index (χ3n) is 2.88. The van der Waals surface area contributed by atoms with Crippen molar-refractivity contribution < 1.29 is 24.9 Å². The first-order valence-electron chi connectivity index (χ1n) is 5.61. The molecule has 0 saturated carbocycles. The van der Waals surface area contributed by atoms with Gasteiger partial charge < -0.3 is 25.5 Å². The van der Waals surface area contributed by atoms with Gasteiger partial charge in [-0.15, -0.1) is 0 Å². The molecule has 1 saturated heterocycles. The minimum Gasteiger partial charge on any atom is -0.480 e. The first-order valence-corrected chi connectivity index (χ1v) is 5.61. The number of carbonyl (C=O) groups is 2. The first kappa shape index (κ1) is 13.7. The molecule has 1 rings (SSSR count). The van der Waals surface area contributed by atoms with E-state index in [-0.39, 0.29) is 12.6 Å². The van der Waals surface area contributed by atoms with Crippen LogP contribution in [0.1, 0.15) is 19.3 Å². The maximum atomic E-state index is 11.8. The molecule has 2 amide bonds. The molecule has 0 aromatic rings. The Balaban J connectivity index is 2.58. The van der Waals surface area contributed by atoms with E-state index in [1.54, 1.807) is 0 Å². The molecule has 1 aliphatic heterocycles. The van der Waals surface area contributed by atoms with Crippen LogP contribution >= 0.6 is 0 Å². The van der Waals surface area contributed by atoms with Crippen molar-refractivity contribution in [3.63, 3.8) is 0 Å². The van der Waals surface area contributed by atoms with Gasteiger partial charge in [-0.05, 0) is 19.3 Å². The number of amides is 2. The third-order valence-corrected chi connectivity index (χ3v) is 2.88. The molecule has 0 spiro atoms. The summed E-state index contributed by atoms with van der Waals surface area (Å²) in [4.78, 5) is 23.9. The molecular weight excluding hydrogens is 228 g/mol. The molecule has 2 atom stereocenters. The van der Waals surface area contributed by atoms with Crippen LogP contribution in [0, 0.1) is 0 Å². The number of aliphatic hydroxyl groups is 2. The monoisotopic (exact) mass is 246 g/mol. The predicted octanol–water partition coefficient (Wildman–Crippen LogP) is -1.01. The topological polar surface area (TPSA) is 110 Å². The van der Waals surface area contributed by atoms with Gasteiger partial charge in [0.25, 0.3) is 0 Å². The fourth-order valence-electron chi connectivity index (χ4n) is 1.88. The first-order chi connectivity index (χ1) is 8.10. The lowest BCUT2D eigenvalue weighted by atomic mass is 10.0. The van der Waals surface area contributed by atoms with Gasteiger partial charge >= 0.3 is 12.0 Å². The Hall–Kier alpha value is -1.34. The van der Waals surface area contributed by atoms with Gasteiger partial charge in [-0.25, -0.2) is 9.59 Å². The van der Waals surface area contributed by atoms with Gasteiger partial charge in [0.1, 0.15) is 0 Å². The normalized spacial score (nSPS) is 22.0. The fourth-order valence-corrected chi connectivity index (χ4v) is 1.88. The number of piperidine rings is 1. The zero-order valence-electron chi connectivity index (χ0n) is 9.50. The maximum absolute atomic E-state index is 11.8. The number of rotatable bonds is 4. The van der Waals surface area contributed by atoms with E-state index in [2.05, 4.69) is 5.32 Å². The van der Waals surface area contributed by atoms with Crippen LogP contribution in [-0.2, 0) is 4.79 Å². The summed E-state index contributed by atoms with van der Waals surface area (Å²) >= 11 is 0. The van der Waals surface area contributed by atoms with Crippen LogP contribution in [0.3, 0.4) is 0 Å². The number of carboxylic acid groups (broad SMARTS) is 1. The van der Waals surface area contributed by atoms with Gasteiger partial charge in [-0.3, -0.25) is 0 Å². The number of carboxylic acids is 1. The van der Waals surface area contributed by atoms with Crippen molar-refractivity contribution in [1.82, 2.24) is 10.2 Å². The molecule has 1 aliphatic rings. The Labute approximate surface area is 99.0 Å². The molecule has 1 fully saturated rings. The lowest BCUT2D eigenvalue weighted by Crippen LogP contribution is -2.54. The lowest BCUT2D eigenvalue weighted by Gasteiger charge is -2.35. The van der Waals surface area contributed by atoms with Crippen LogP contribution in [0.4, 0.5) is 4.79 Å². The second kappa shape index (κ2) is 6.41. The van der Waals surface area contributed by atoms with Crippen molar-refractivity contribution in [2.75, 3.05) is 19.8 Å². The molecule has 17 heavy (non-hydrogen) atoms. The summed E-state index contributed by atoms with van der Waals surface area (Å²) in [5.41, 5.74) is 0. The van der Waals surface area contributed by atoms with Crippen LogP contribution in [-0.4, -0.2) is 64.1 Å². The maximum Gasteiger partial charge on any atom is 0.328 e. The average molecular weight is 246 g/mol. The third kappa shape index (κ3) is 3.57. The SMILES string of the molecule is O=C(O)C(CO)NC(=O)N1CCCCC1CO. The van der Waals surface area contributed by atoms with Crippen LogP contribution in [0.2, 0.25) is 0 Å². The molecule has 1 heterocycles. The van der Waals surface area contributed by atoms with E-state index in [1.165, 1.54) is 4.90 Å². The second-order valence-electron chi connectivity index (χ2n) is 4.05. The highest BCUT2D eigenvalue weighted by Crippen LogP contribution is 2.16. The number of likely N-dealkylation sites (tertiary alicyclic amines) is 1. The average Bonchev–Trinajstić information content (AvgIpc) is 2.35. The number of aliphatic hydroxyl groups excluding tert-OH is 2. The molecule has 0 radical (unpaired) electrons. The number of nitrogens with one attached hydrogen (secondary N) is 1. The Morgan fingerprint density at radius 3 is 2.59 bits per heavy atom. The summed E-state index contributed by atoms with van der Waals surface area (Å²) in [6.07, 6.45) is 2.49. The number of nitrogens with zero attached hydrogens (tertiary/aromatic N) is 1. The number of hydrogen-bond acceptors (Lipinski definition) is 4. The summed E-state index contributed by atoms with van der Waals surface area (Å²) < 4.78 is 0. The Kier molecular flexibility index (Phi) is 5.17. The fraction of sp³-hybridized carbons (Fsp3) is 0.800. The zero-order chi connectivity index (χ0) is 12.8. The van der Waals surface area contributed by atoms with Gasteiger partial charge in [0.15, 0.2) is 6.04 Å². The van der Waals surface area contributed by atoms with Crippen molar-refractivity contribution in [1.29, 1.82) is 0 Å². The standard InChI is InChI=1S/C10H18N2O5/c13-5-7-3-1-2-4-12(7)10(17)11-8(6-14)9(15)16/h7-8,13-14H,1-6H2,(H,11,17)(H,15,16). The molecule has 7 heteroatoms. The van der Waals surface area contributed by atoms with Gasteiger partial charge in [-0.1, -0.05) is 0 Å². The van der Waals surface area contributed by atoms with Crippen LogP contribution in [0.15, 0.2) is 0 Å². The van der Waals surface area contributed by atoms with Crippen molar-refractivity contribution in [2.45, 2.75) is 31.3 Å². The molecule has 2 unspecified atom stereocenters. The van der Waals surface area contributed by atoms with E-state index in [1.807, 2.05) is 0 Å². The molecule has 0 aliphatic carbocycles. The van der Waals surface area contributed by atoms with Crippen LogP contribution < -0.4 is 5.32 Å². The van der Waals surface area contributed by atoms with Crippen molar-refractivity contribution in [2.24, 2.45) is 0 Å². The summed E-state index contributed by atoms with van der Waals surface area (Å²) in [6, 6.07) is -2.12. The smallest absolute Gasteiger partial charge is 0.328 e. The Morgan fingerprint density at radius 2 is 2.06 bits per heavy atom. The van der Waals surface area contributed by atoms with Crippen LogP contribution in [0.25, 0.3) is 0 Å². The second-order valence-corrected chi connectivity index (χ2v) is 4.05. The molecule has 4 N–H and O–H groups in total. The lowest BCUT2D eigenvalue weighted by molar-refractivity contribution is -0.140. The van der Waals surface area contributed by atoms with Gasteiger partial charge in [0, 0.05) is 6.54 Å². The van der Waals surface area contributed by atoms with E-state index in [0.717, 1.165) is 12.8 Å². The Morgan fingerprint density at radius 1 is 1.35 bits per heavy atom. The van der Waals surface area contributed by atoms with Gasteiger partial charge in [0.05, 0.1) is 19.3 Å². The van der Waals surface area contributed by atoms with Crippen molar-refractivity contribution in [3.05, 3.63) is 0 Å². The summed E-state index contributed by atoms with van der Waals surface area (Å²) in [5, 5.41) is 28.9. The van der Waals surface area contributed by atoms with Crippen molar-refractivity contribution in [3.8, 4) is 0 Å². The number of urea groups is 1. The molecule has 98 valence electrons. The summed E-state index contributed by atoms with van der Waals surface area (Å²) in [6.45, 7) is -0.294. The molecule has 0 bridgehead atoms. The molecule has 7 nitrogen and oxygen atoms in total. The van der Waals surface area contributed by atoms with E-state index in [0.29, 0.717) is 13.0 Å². The minimum atomic E-state index is -1.30. The molecule has 0 aromatic heterocycles. The van der Waals surface area contributed by atoms with Crippen molar-refractivity contribution >= 4 is 12.0 Å². The summed E-state index contributed by atoms with van der Waals surface area (Å²) in [7, 11) is 0. The van der Waals surface area contributed by atoms with E-state index >= 15 is 0 Å². The number of aliphatic carboxylic acids is 1. The summed E-state index contributed by atoms with van der Waals surface area (Å²) in [5.74, 6) is -1.28. The molecule has 0 aromatic carbocycles. The largest absolute Gasteiger partial charge is 0.480 e. The van der Waals surface area contributed by atoms with E-state index < -0.39 is 24.6 Å². The zero-order valence-corrected chi connectivity index (χ0v) is 9.50. The predicted molar refractivity (Wildman–Crippen MR) is 58.5 cm³/mol. The van der Waals surface area contributed by atoms with E-state index in [4.69, 9.17) is 15.3 Å². The highest BCUT2D eigenvalue weighted by molar-refractivity contribution is 5.82. The van der Waals surface area contributed by atoms with Gasteiger partial charge in [0.2, 0.25) is 0 Å². The van der Waals surface area contributed by atoms with E-state index in [9.17, 15) is 9.59 Å². The number of carbonyl (C=O) groups excluding carboxylic acids is 1. The minimum absolute atomic E-state index is 0.135. The molecular formula is C10H18N2O5. The van der Waals surface area contributed by atoms with Gasteiger partial charge in [-0.2, -0.15) is 0 Å². The Bertz CT molecular complexity index is 284. The van der Waals surface area contributed by atoms with Crippen LogP contribution in [0.5, 0.6) is 0 Å². The quantitative estimate of drug-likeness (QED) is 0.508.